The summed E-state index contributed by atoms with van der Waals surface area (Å²) in [5, 5.41) is 5.83. The summed E-state index contributed by atoms with van der Waals surface area (Å²) in [5.41, 5.74) is 3.58. The molecule has 112 valence electrons. The van der Waals surface area contributed by atoms with Crippen molar-refractivity contribution in [2.75, 3.05) is 31.2 Å². The molecule has 1 N–H and O–H groups in total. The summed E-state index contributed by atoms with van der Waals surface area (Å²) in [6, 6.07) is 19.0. The number of rotatable bonds is 3. The molecule has 2 aromatic carbocycles. The van der Waals surface area contributed by atoms with Gasteiger partial charge in [0.2, 0.25) is 0 Å². The maximum Gasteiger partial charge on any atom is 0.133 e. The van der Waals surface area contributed by atoms with Gasteiger partial charge >= 0.3 is 0 Å². The molecular formula is C18H20N4. The number of fused-ring (bicyclic) bond motifs is 1. The van der Waals surface area contributed by atoms with E-state index in [0.29, 0.717) is 0 Å². The number of nitrogens with zero attached hydrogens (tertiary/aromatic N) is 3. The van der Waals surface area contributed by atoms with Crippen molar-refractivity contribution < 1.29 is 0 Å². The molecule has 0 amide bonds. The minimum absolute atomic E-state index is 0.861. The first-order valence-electron chi connectivity index (χ1n) is 7.88. The first kappa shape index (κ1) is 13.3. The van der Waals surface area contributed by atoms with Crippen molar-refractivity contribution in [1.82, 2.24) is 15.0 Å². The molecule has 1 aromatic heterocycles. The minimum Gasteiger partial charge on any atom is -0.313 e. The SMILES string of the molecule is c1ccc(Cc2nc3ccccc3n2N2CCNCC2)cc1. The lowest BCUT2D eigenvalue weighted by Gasteiger charge is -2.32. The first-order chi connectivity index (χ1) is 10.9. The molecule has 1 fully saturated rings. The Labute approximate surface area is 130 Å². The van der Waals surface area contributed by atoms with Gasteiger partial charge in [0.05, 0.1) is 11.0 Å². The molecule has 0 bridgehead atoms. The van der Waals surface area contributed by atoms with Gasteiger partial charge in [-0.2, -0.15) is 0 Å². The van der Waals surface area contributed by atoms with E-state index in [1.54, 1.807) is 0 Å². The topological polar surface area (TPSA) is 33.1 Å². The van der Waals surface area contributed by atoms with Crippen LogP contribution in [0.2, 0.25) is 0 Å². The Hall–Kier alpha value is -2.33. The van der Waals surface area contributed by atoms with Gasteiger partial charge < -0.3 is 10.3 Å². The Balaban J connectivity index is 1.79. The number of hydrogen-bond donors (Lipinski definition) is 1. The Morgan fingerprint density at radius 3 is 2.45 bits per heavy atom. The fourth-order valence-corrected chi connectivity index (χ4v) is 3.12. The molecule has 4 nitrogen and oxygen atoms in total. The highest BCUT2D eigenvalue weighted by Gasteiger charge is 2.18. The number of aromatic nitrogens is 2. The molecule has 0 radical (unpaired) electrons. The van der Waals surface area contributed by atoms with Gasteiger partial charge in [-0.15, -0.1) is 0 Å². The molecule has 3 aromatic rings. The van der Waals surface area contributed by atoms with Crippen LogP contribution in [0.3, 0.4) is 0 Å². The molecule has 0 aliphatic carbocycles. The molecule has 4 heteroatoms. The predicted octanol–water partition coefficient (Wildman–Crippen LogP) is 2.17. The second kappa shape index (κ2) is 5.81. The van der Waals surface area contributed by atoms with Crippen molar-refractivity contribution in [3.05, 3.63) is 66.0 Å². The van der Waals surface area contributed by atoms with Crippen LogP contribution >= 0.6 is 0 Å². The predicted molar refractivity (Wildman–Crippen MR) is 89.8 cm³/mol. The van der Waals surface area contributed by atoms with E-state index in [1.165, 1.54) is 11.1 Å². The van der Waals surface area contributed by atoms with E-state index >= 15 is 0 Å². The maximum absolute atomic E-state index is 4.88. The van der Waals surface area contributed by atoms with Crippen LogP contribution < -0.4 is 10.3 Å². The van der Waals surface area contributed by atoms with Crippen molar-refractivity contribution in [1.29, 1.82) is 0 Å². The quantitative estimate of drug-likeness (QED) is 0.803. The normalized spacial score (nSPS) is 15.4. The molecule has 0 atom stereocenters. The Morgan fingerprint density at radius 2 is 1.64 bits per heavy atom. The zero-order valence-electron chi connectivity index (χ0n) is 12.6. The summed E-state index contributed by atoms with van der Waals surface area (Å²) >= 11 is 0. The highest BCUT2D eigenvalue weighted by molar-refractivity contribution is 5.76. The number of piperazine rings is 1. The lowest BCUT2D eigenvalue weighted by Crippen LogP contribution is -2.49. The van der Waals surface area contributed by atoms with Crippen LogP contribution in [0.1, 0.15) is 11.4 Å². The van der Waals surface area contributed by atoms with Crippen LogP contribution in [0.4, 0.5) is 0 Å². The lowest BCUT2D eigenvalue weighted by molar-refractivity contribution is 0.489. The van der Waals surface area contributed by atoms with Crippen molar-refractivity contribution in [2.24, 2.45) is 0 Å². The van der Waals surface area contributed by atoms with Gasteiger partial charge in [0.25, 0.3) is 0 Å². The summed E-state index contributed by atoms with van der Waals surface area (Å²) in [7, 11) is 0. The standard InChI is InChI=1S/C18H20N4/c1-2-6-15(7-3-1)14-18-20-16-8-4-5-9-17(16)22(18)21-12-10-19-11-13-21/h1-9,19H,10-14H2. The Bertz CT molecular complexity index is 757. The largest absolute Gasteiger partial charge is 0.313 e. The van der Waals surface area contributed by atoms with Crippen molar-refractivity contribution in [3.8, 4) is 0 Å². The molecule has 4 rings (SSSR count). The van der Waals surface area contributed by atoms with Gasteiger partial charge in [0.1, 0.15) is 5.82 Å². The van der Waals surface area contributed by atoms with Gasteiger partial charge in [-0.25, -0.2) is 9.66 Å². The third-order valence-electron chi connectivity index (χ3n) is 4.19. The maximum atomic E-state index is 4.88. The van der Waals surface area contributed by atoms with E-state index < -0.39 is 0 Å². The van der Waals surface area contributed by atoms with Crippen LogP contribution in [-0.2, 0) is 6.42 Å². The number of hydrogen-bond acceptors (Lipinski definition) is 3. The van der Waals surface area contributed by atoms with Gasteiger partial charge in [-0.3, -0.25) is 0 Å². The average Bonchev–Trinajstić information content (AvgIpc) is 2.94. The summed E-state index contributed by atoms with van der Waals surface area (Å²) in [6.45, 7) is 4.08. The van der Waals surface area contributed by atoms with E-state index in [-0.39, 0.29) is 0 Å². The van der Waals surface area contributed by atoms with Gasteiger partial charge in [0, 0.05) is 32.6 Å². The second-order valence-electron chi connectivity index (χ2n) is 5.69. The molecular weight excluding hydrogens is 272 g/mol. The monoisotopic (exact) mass is 292 g/mol. The molecule has 22 heavy (non-hydrogen) atoms. The van der Waals surface area contributed by atoms with Gasteiger partial charge in [0.15, 0.2) is 0 Å². The number of imidazole rings is 1. The number of nitrogens with one attached hydrogen (secondary N) is 1. The second-order valence-corrected chi connectivity index (χ2v) is 5.69. The third-order valence-corrected chi connectivity index (χ3v) is 4.19. The third kappa shape index (κ3) is 2.46. The van der Waals surface area contributed by atoms with Gasteiger partial charge in [-0.1, -0.05) is 42.5 Å². The smallest absolute Gasteiger partial charge is 0.133 e. The average molecular weight is 292 g/mol. The molecule has 1 aliphatic rings. The van der Waals surface area contributed by atoms with Gasteiger partial charge in [-0.05, 0) is 17.7 Å². The first-order valence-corrected chi connectivity index (χ1v) is 7.88. The highest BCUT2D eigenvalue weighted by atomic mass is 15.6. The van der Waals surface area contributed by atoms with E-state index in [2.05, 4.69) is 69.6 Å². The van der Waals surface area contributed by atoms with Crippen LogP contribution in [-0.4, -0.2) is 35.8 Å². The van der Waals surface area contributed by atoms with E-state index in [9.17, 15) is 0 Å². The molecule has 1 saturated heterocycles. The molecule has 0 spiro atoms. The molecule has 0 unspecified atom stereocenters. The highest BCUT2D eigenvalue weighted by Crippen LogP contribution is 2.19. The Morgan fingerprint density at radius 1 is 0.909 bits per heavy atom. The Kier molecular flexibility index (Phi) is 3.52. The zero-order chi connectivity index (χ0) is 14.8. The van der Waals surface area contributed by atoms with Crippen molar-refractivity contribution in [2.45, 2.75) is 6.42 Å². The number of para-hydroxylation sites is 2. The van der Waals surface area contributed by atoms with E-state index in [4.69, 9.17) is 4.98 Å². The zero-order valence-corrected chi connectivity index (χ0v) is 12.6. The fraction of sp³-hybridized carbons (Fsp3) is 0.278. The number of benzene rings is 2. The summed E-state index contributed by atoms with van der Waals surface area (Å²) in [5.74, 6) is 1.12. The molecule has 2 heterocycles. The summed E-state index contributed by atoms with van der Waals surface area (Å²) in [4.78, 5) is 4.88. The van der Waals surface area contributed by atoms with Crippen LogP contribution in [0.5, 0.6) is 0 Å². The van der Waals surface area contributed by atoms with Crippen molar-refractivity contribution >= 4 is 11.0 Å². The van der Waals surface area contributed by atoms with Crippen LogP contribution in [0, 0.1) is 0 Å². The van der Waals surface area contributed by atoms with E-state index in [1.807, 2.05) is 0 Å². The lowest BCUT2D eigenvalue weighted by atomic mass is 10.1. The molecule has 1 aliphatic heterocycles. The van der Waals surface area contributed by atoms with E-state index in [0.717, 1.165) is 43.9 Å². The molecule has 0 saturated carbocycles. The van der Waals surface area contributed by atoms with Crippen LogP contribution in [0.25, 0.3) is 11.0 Å². The minimum atomic E-state index is 0.861. The summed E-state index contributed by atoms with van der Waals surface area (Å²) in [6.07, 6.45) is 0.861. The fourth-order valence-electron chi connectivity index (χ4n) is 3.12. The summed E-state index contributed by atoms with van der Waals surface area (Å²) < 4.78 is 2.32. The van der Waals surface area contributed by atoms with Crippen molar-refractivity contribution in [3.63, 3.8) is 0 Å². The van der Waals surface area contributed by atoms with Crippen LogP contribution in [0.15, 0.2) is 54.6 Å².